The first-order chi connectivity index (χ1) is 15.3. The molecule has 32 heavy (non-hydrogen) atoms. The summed E-state index contributed by atoms with van der Waals surface area (Å²) in [6, 6.07) is 13.1. The highest BCUT2D eigenvalue weighted by atomic mass is 19.4. The zero-order chi connectivity index (χ0) is 22.7. The molecular formula is C21H18F3N7O. The van der Waals surface area contributed by atoms with Crippen molar-refractivity contribution in [2.24, 2.45) is 7.05 Å². The summed E-state index contributed by atoms with van der Waals surface area (Å²) >= 11 is 0. The number of benzene rings is 2. The molecule has 8 nitrogen and oxygen atoms in total. The van der Waals surface area contributed by atoms with Crippen LogP contribution in [0.15, 0.2) is 60.8 Å². The van der Waals surface area contributed by atoms with Crippen LogP contribution in [0.4, 0.5) is 13.2 Å². The van der Waals surface area contributed by atoms with Crippen LogP contribution in [0.5, 0.6) is 0 Å². The van der Waals surface area contributed by atoms with Crippen LogP contribution in [0.25, 0.3) is 0 Å². The number of aromatic nitrogens is 6. The Morgan fingerprint density at radius 1 is 1.12 bits per heavy atom. The monoisotopic (exact) mass is 441 g/mol. The Labute approximate surface area is 180 Å². The molecule has 0 aliphatic heterocycles. The van der Waals surface area contributed by atoms with Gasteiger partial charge in [0.05, 0.1) is 23.0 Å². The first kappa shape index (κ1) is 21.2. The minimum Gasteiger partial charge on any atom is -0.338 e. The maximum Gasteiger partial charge on any atom is 0.416 e. The Hall–Kier alpha value is -4.02. The average molecular weight is 441 g/mol. The van der Waals surface area contributed by atoms with Gasteiger partial charge >= 0.3 is 6.18 Å². The van der Waals surface area contributed by atoms with E-state index >= 15 is 0 Å². The maximum absolute atomic E-state index is 13.1. The van der Waals surface area contributed by atoms with E-state index in [1.807, 2.05) is 30.3 Å². The SMILES string of the molecule is Cn1ncc(C(=O)NC(c2ccc(C(F)(F)F)cc2)c2nn[nH]n2)c1Cc1ccccc1. The molecule has 0 saturated heterocycles. The van der Waals surface area contributed by atoms with E-state index in [9.17, 15) is 18.0 Å². The maximum atomic E-state index is 13.1. The van der Waals surface area contributed by atoms with Crippen LogP contribution in [0.3, 0.4) is 0 Å². The number of carbonyl (C=O) groups is 1. The van der Waals surface area contributed by atoms with Crippen LogP contribution in [0.1, 0.15) is 44.6 Å². The van der Waals surface area contributed by atoms with Crippen LogP contribution in [0, 0.1) is 0 Å². The molecule has 1 amide bonds. The normalized spacial score (nSPS) is 12.5. The second-order valence-electron chi connectivity index (χ2n) is 7.09. The predicted molar refractivity (Wildman–Crippen MR) is 107 cm³/mol. The number of halogens is 3. The minimum absolute atomic E-state index is 0.117. The summed E-state index contributed by atoms with van der Waals surface area (Å²) in [5.74, 6) is -0.342. The third-order valence-corrected chi connectivity index (χ3v) is 4.99. The van der Waals surface area contributed by atoms with E-state index in [0.29, 0.717) is 23.2 Å². The van der Waals surface area contributed by atoms with Crippen molar-refractivity contribution in [2.75, 3.05) is 0 Å². The molecule has 2 aromatic heterocycles. The smallest absolute Gasteiger partial charge is 0.338 e. The molecule has 2 heterocycles. The molecule has 0 aliphatic rings. The molecular weight excluding hydrogens is 423 g/mol. The van der Waals surface area contributed by atoms with Crippen LogP contribution in [0.2, 0.25) is 0 Å². The minimum atomic E-state index is -4.47. The van der Waals surface area contributed by atoms with Crippen molar-refractivity contribution in [1.29, 1.82) is 0 Å². The number of nitrogens with one attached hydrogen (secondary N) is 2. The van der Waals surface area contributed by atoms with Gasteiger partial charge in [-0.2, -0.15) is 23.5 Å². The molecule has 0 radical (unpaired) electrons. The molecule has 4 aromatic rings. The zero-order valence-electron chi connectivity index (χ0n) is 16.8. The molecule has 0 aliphatic carbocycles. The molecule has 2 N–H and O–H groups in total. The second-order valence-corrected chi connectivity index (χ2v) is 7.09. The fraction of sp³-hybridized carbons (Fsp3) is 0.190. The van der Waals surface area contributed by atoms with E-state index in [2.05, 4.69) is 31.0 Å². The van der Waals surface area contributed by atoms with Gasteiger partial charge in [-0.15, -0.1) is 10.2 Å². The van der Waals surface area contributed by atoms with Crippen molar-refractivity contribution in [2.45, 2.75) is 18.6 Å². The van der Waals surface area contributed by atoms with Gasteiger partial charge < -0.3 is 5.32 Å². The number of hydrogen-bond donors (Lipinski definition) is 2. The van der Waals surface area contributed by atoms with Crippen molar-refractivity contribution in [1.82, 2.24) is 35.7 Å². The molecule has 0 saturated carbocycles. The van der Waals surface area contributed by atoms with Crippen molar-refractivity contribution < 1.29 is 18.0 Å². The van der Waals surface area contributed by atoms with Crippen LogP contribution in [-0.2, 0) is 19.6 Å². The molecule has 1 unspecified atom stereocenters. The Bertz CT molecular complexity index is 1190. The van der Waals surface area contributed by atoms with Gasteiger partial charge in [-0.25, -0.2) is 0 Å². The van der Waals surface area contributed by atoms with Gasteiger partial charge in [-0.1, -0.05) is 47.7 Å². The summed E-state index contributed by atoms with van der Waals surface area (Å²) < 4.78 is 40.4. The summed E-state index contributed by atoms with van der Waals surface area (Å²) in [5, 5.41) is 20.6. The molecule has 11 heteroatoms. The second kappa shape index (κ2) is 8.61. The number of carbonyl (C=O) groups excluding carboxylic acids is 1. The Kier molecular flexibility index (Phi) is 5.71. The van der Waals surface area contributed by atoms with E-state index in [1.54, 1.807) is 11.7 Å². The van der Waals surface area contributed by atoms with Gasteiger partial charge in [0.15, 0.2) is 0 Å². The Morgan fingerprint density at radius 2 is 1.84 bits per heavy atom. The van der Waals surface area contributed by atoms with Crippen molar-refractivity contribution in [3.63, 3.8) is 0 Å². The lowest BCUT2D eigenvalue weighted by Crippen LogP contribution is -2.31. The first-order valence-electron chi connectivity index (χ1n) is 9.59. The van der Waals surface area contributed by atoms with Crippen molar-refractivity contribution in [3.05, 3.63) is 94.6 Å². The van der Waals surface area contributed by atoms with Crippen LogP contribution >= 0.6 is 0 Å². The zero-order valence-corrected chi connectivity index (χ0v) is 16.8. The molecule has 0 spiro atoms. The summed E-state index contributed by atoms with van der Waals surface area (Å²) in [6.07, 6.45) is -2.54. The van der Waals surface area contributed by atoms with Gasteiger partial charge in [0.25, 0.3) is 5.91 Å². The lowest BCUT2D eigenvalue weighted by Gasteiger charge is -2.17. The molecule has 0 fully saturated rings. The number of alkyl halides is 3. The fourth-order valence-corrected chi connectivity index (χ4v) is 3.31. The average Bonchev–Trinajstić information content (AvgIpc) is 3.43. The van der Waals surface area contributed by atoms with Gasteiger partial charge in [0.2, 0.25) is 5.82 Å². The largest absolute Gasteiger partial charge is 0.416 e. The van der Waals surface area contributed by atoms with Crippen molar-refractivity contribution >= 4 is 5.91 Å². The standard InChI is InChI=1S/C21H18F3N7O/c1-31-17(11-13-5-3-2-4-6-13)16(12-25-31)20(32)26-18(19-27-29-30-28-19)14-7-9-15(10-8-14)21(22,23)24/h2-10,12,18H,11H2,1H3,(H,26,32)(H,27,28,29,30). The molecule has 2 aromatic carbocycles. The Morgan fingerprint density at radius 3 is 2.47 bits per heavy atom. The third kappa shape index (κ3) is 4.51. The van der Waals surface area contributed by atoms with E-state index < -0.39 is 23.7 Å². The highest BCUT2D eigenvalue weighted by Gasteiger charge is 2.31. The number of amides is 1. The van der Waals surface area contributed by atoms with Gasteiger partial charge in [0, 0.05) is 13.5 Å². The van der Waals surface area contributed by atoms with Crippen LogP contribution < -0.4 is 5.32 Å². The molecule has 164 valence electrons. The topological polar surface area (TPSA) is 101 Å². The summed E-state index contributed by atoms with van der Waals surface area (Å²) in [7, 11) is 1.74. The highest BCUT2D eigenvalue weighted by Crippen LogP contribution is 2.30. The van der Waals surface area contributed by atoms with Gasteiger partial charge in [-0.3, -0.25) is 9.48 Å². The number of nitrogens with zero attached hydrogens (tertiary/aromatic N) is 5. The predicted octanol–water partition coefficient (Wildman–Crippen LogP) is 3.06. The molecule has 4 rings (SSSR count). The van der Waals surface area contributed by atoms with E-state index in [1.165, 1.54) is 18.3 Å². The van der Waals surface area contributed by atoms with E-state index in [0.717, 1.165) is 17.7 Å². The first-order valence-corrected chi connectivity index (χ1v) is 9.59. The highest BCUT2D eigenvalue weighted by molar-refractivity contribution is 5.95. The van der Waals surface area contributed by atoms with Crippen LogP contribution in [-0.4, -0.2) is 36.3 Å². The van der Waals surface area contributed by atoms with E-state index in [4.69, 9.17) is 0 Å². The molecule has 0 bridgehead atoms. The number of aromatic amines is 1. The third-order valence-electron chi connectivity index (χ3n) is 4.99. The summed E-state index contributed by atoms with van der Waals surface area (Å²) in [5.41, 5.74) is 1.62. The van der Waals surface area contributed by atoms with Gasteiger partial charge in [0.1, 0.15) is 6.04 Å². The molecule has 1 atom stereocenters. The summed E-state index contributed by atoms with van der Waals surface area (Å²) in [4.78, 5) is 13.1. The quantitative estimate of drug-likeness (QED) is 0.479. The number of H-pyrrole nitrogens is 1. The number of rotatable bonds is 6. The van der Waals surface area contributed by atoms with Gasteiger partial charge in [-0.05, 0) is 23.3 Å². The van der Waals surface area contributed by atoms with E-state index in [-0.39, 0.29) is 5.82 Å². The summed E-state index contributed by atoms with van der Waals surface area (Å²) in [6.45, 7) is 0. The number of hydrogen-bond acceptors (Lipinski definition) is 5. The number of aryl methyl sites for hydroxylation is 1. The number of tetrazole rings is 1. The lowest BCUT2D eigenvalue weighted by atomic mass is 10.0. The van der Waals surface area contributed by atoms with Crippen molar-refractivity contribution in [3.8, 4) is 0 Å². The lowest BCUT2D eigenvalue weighted by molar-refractivity contribution is -0.137. The Balaban J connectivity index is 1.62. The fourth-order valence-electron chi connectivity index (χ4n) is 3.31.